The number of amidine groups is 1. The number of hydrogen-bond donors (Lipinski definition) is 2. The molecule has 0 bridgehead atoms. The van der Waals surface area contributed by atoms with Gasteiger partial charge in [0.25, 0.3) is 0 Å². The van der Waals surface area contributed by atoms with Crippen molar-refractivity contribution in [2.75, 3.05) is 18.5 Å². The van der Waals surface area contributed by atoms with Crippen LogP contribution in [-0.4, -0.2) is 19.4 Å². The van der Waals surface area contributed by atoms with E-state index in [1.165, 1.54) is 0 Å². The zero-order valence-corrected chi connectivity index (χ0v) is 12.2. The first kappa shape index (κ1) is 14.0. The fourth-order valence-corrected chi connectivity index (χ4v) is 2.36. The van der Waals surface area contributed by atoms with Crippen LogP contribution in [0.1, 0.15) is 25.8 Å². The van der Waals surface area contributed by atoms with E-state index in [1.54, 1.807) is 0 Å². The molecule has 1 unspecified atom stereocenters. The minimum atomic E-state index is 0.100. The van der Waals surface area contributed by atoms with Crippen molar-refractivity contribution in [3.05, 3.63) is 28.2 Å². The number of nitrogens with zero attached hydrogens (tertiary/aromatic N) is 1. The van der Waals surface area contributed by atoms with Crippen LogP contribution in [-0.2, 0) is 0 Å². The van der Waals surface area contributed by atoms with Crippen LogP contribution in [0.25, 0.3) is 0 Å². The molecular weight excluding hydrogens is 278 g/mol. The second-order valence-electron chi connectivity index (χ2n) is 4.44. The van der Waals surface area contributed by atoms with Crippen molar-refractivity contribution in [3.63, 3.8) is 0 Å². The summed E-state index contributed by atoms with van der Waals surface area (Å²) in [5.74, 6) is 0.724. The summed E-state index contributed by atoms with van der Waals surface area (Å²) in [4.78, 5) is 2.16. The van der Waals surface area contributed by atoms with Gasteiger partial charge >= 0.3 is 0 Å². The maximum absolute atomic E-state index is 7.66. The standard InChI is InChI=1S/C13H20BrN3/c1-4-9(2)8-17(3)11-7-5-6-10(14)12(11)13(15)16/h5-7,9H,4,8H2,1-3H3,(H3,15,16). The molecule has 0 aliphatic rings. The molecule has 1 rings (SSSR count). The summed E-state index contributed by atoms with van der Waals surface area (Å²) in [6, 6.07) is 5.89. The molecule has 0 aliphatic heterocycles. The number of nitrogens with two attached hydrogens (primary N) is 1. The van der Waals surface area contributed by atoms with Gasteiger partial charge in [0.2, 0.25) is 0 Å². The quantitative estimate of drug-likeness (QED) is 0.648. The van der Waals surface area contributed by atoms with Crippen molar-refractivity contribution in [2.45, 2.75) is 20.3 Å². The Balaban J connectivity index is 3.04. The van der Waals surface area contributed by atoms with Crippen LogP contribution in [0.5, 0.6) is 0 Å². The maximum Gasteiger partial charge on any atom is 0.126 e. The Bertz CT molecular complexity index is 404. The molecule has 1 atom stereocenters. The lowest BCUT2D eigenvalue weighted by Crippen LogP contribution is -2.27. The summed E-state index contributed by atoms with van der Waals surface area (Å²) in [6.45, 7) is 5.38. The molecule has 3 N–H and O–H groups in total. The Morgan fingerprint density at radius 2 is 2.18 bits per heavy atom. The van der Waals surface area contributed by atoms with E-state index in [2.05, 4.69) is 34.7 Å². The second-order valence-corrected chi connectivity index (χ2v) is 5.30. The molecule has 0 spiro atoms. The molecule has 94 valence electrons. The summed E-state index contributed by atoms with van der Waals surface area (Å²) in [7, 11) is 2.04. The first-order chi connectivity index (χ1) is 7.97. The van der Waals surface area contributed by atoms with Crippen LogP contribution < -0.4 is 10.6 Å². The lowest BCUT2D eigenvalue weighted by atomic mass is 10.1. The summed E-state index contributed by atoms with van der Waals surface area (Å²) >= 11 is 3.45. The Morgan fingerprint density at radius 1 is 1.53 bits per heavy atom. The smallest absolute Gasteiger partial charge is 0.126 e. The van der Waals surface area contributed by atoms with Gasteiger partial charge in [0.1, 0.15) is 5.84 Å². The van der Waals surface area contributed by atoms with Gasteiger partial charge in [0.15, 0.2) is 0 Å². The van der Waals surface area contributed by atoms with E-state index in [-0.39, 0.29) is 5.84 Å². The van der Waals surface area contributed by atoms with Crippen LogP contribution in [0, 0.1) is 11.3 Å². The van der Waals surface area contributed by atoms with Gasteiger partial charge in [-0.2, -0.15) is 0 Å². The molecule has 17 heavy (non-hydrogen) atoms. The minimum Gasteiger partial charge on any atom is -0.384 e. The van der Waals surface area contributed by atoms with Gasteiger partial charge in [0, 0.05) is 23.8 Å². The van der Waals surface area contributed by atoms with E-state index >= 15 is 0 Å². The van der Waals surface area contributed by atoms with Crippen LogP contribution >= 0.6 is 15.9 Å². The monoisotopic (exact) mass is 297 g/mol. The second kappa shape index (κ2) is 6.05. The molecule has 1 aromatic carbocycles. The van der Waals surface area contributed by atoms with Gasteiger partial charge in [-0.05, 0) is 34.0 Å². The molecular formula is C13H20BrN3. The molecule has 1 aromatic rings. The zero-order chi connectivity index (χ0) is 13.0. The number of halogens is 1. The van der Waals surface area contributed by atoms with Gasteiger partial charge < -0.3 is 10.6 Å². The molecule has 0 aromatic heterocycles. The molecule has 0 saturated carbocycles. The highest BCUT2D eigenvalue weighted by Gasteiger charge is 2.14. The van der Waals surface area contributed by atoms with Crippen molar-refractivity contribution in [2.24, 2.45) is 11.7 Å². The van der Waals surface area contributed by atoms with E-state index in [0.717, 1.165) is 28.7 Å². The Labute approximate surface area is 112 Å². The first-order valence-electron chi connectivity index (χ1n) is 5.81. The molecule has 0 amide bonds. The predicted molar refractivity (Wildman–Crippen MR) is 77.9 cm³/mol. The van der Waals surface area contributed by atoms with Crippen LogP contribution in [0.3, 0.4) is 0 Å². The average molecular weight is 298 g/mol. The van der Waals surface area contributed by atoms with E-state index in [1.807, 2.05) is 25.2 Å². The van der Waals surface area contributed by atoms with Gasteiger partial charge in [0.05, 0.1) is 5.56 Å². The predicted octanol–water partition coefficient (Wildman–Crippen LogP) is 3.22. The third-order valence-electron chi connectivity index (χ3n) is 2.95. The summed E-state index contributed by atoms with van der Waals surface area (Å²) in [6.07, 6.45) is 1.15. The Morgan fingerprint density at radius 3 is 2.71 bits per heavy atom. The third kappa shape index (κ3) is 3.46. The van der Waals surface area contributed by atoms with Crippen molar-refractivity contribution in [3.8, 4) is 0 Å². The lowest BCUT2D eigenvalue weighted by molar-refractivity contribution is 0.560. The van der Waals surface area contributed by atoms with Gasteiger partial charge in [-0.25, -0.2) is 0 Å². The van der Waals surface area contributed by atoms with Crippen molar-refractivity contribution in [1.82, 2.24) is 0 Å². The number of hydrogen-bond acceptors (Lipinski definition) is 2. The third-order valence-corrected chi connectivity index (χ3v) is 3.62. The molecule has 0 radical (unpaired) electrons. The largest absolute Gasteiger partial charge is 0.384 e. The minimum absolute atomic E-state index is 0.100. The number of nitrogens with one attached hydrogen (secondary N) is 1. The van der Waals surface area contributed by atoms with Crippen LogP contribution in [0.15, 0.2) is 22.7 Å². The Hall–Kier alpha value is -1.03. The molecule has 0 aliphatic carbocycles. The van der Waals surface area contributed by atoms with Crippen molar-refractivity contribution in [1.29, 1.82) is 5.41 Å². The highest BCUT2D eigenvalue weighted by molar-refractivity contribution is 9.10. The van der Waals surface area contributed by atoms with E-state index in [9.17, 15) is 0 Å². The zero-order valence-electron chi connectivity index (χ0n) is 10.6. The number of nitrogen functional groups attached to an aromatic ring is 1. The molecule has 0 saturated heterocycles. The number of anilines is 1. The van der Waals surface area contributed by atoms with E-state index in [4.69, 9.17) is 11.1 Å². The Kier molecular flexibility index (Phi) is 5.00. The summed E-state index contributed by atoms with van der Waals surface area (Å²) in [5.41, 5.74) is 7.43. The van der Waals surface area contributed by atoms with E-state index in [0.29, 0.717) is 5.92 Å². The molecule has 4 heteroatoms. The highest BCUT2D eigenvalue weighted by atomic mass is 79.9. The van der Waals surface area contributed by atoms with Gasteiger partial charge in [-0.1, -0.05) is 26.3 Å². The normalized spacial score (nSPS) is 12.2. The van der Waals surface area contributed by atoms with Crippen molar-refractivity contribution < 1.29 is 0 Å². The van der Waals surface area contributed by atoms with E-state index < -0.39 is 0 Å². The number of benzene rings is 1. The number of rotatable bonds is 5. The summed E-state index contributed by atoms with van der Waals surface area (Å²) in [5, 5.41) is 7.66. The summed E-state index contributed by atoms with van der Waals surface area (Å²) < 4.78 is 0.874. The van der Waals surface area contributed by atoms with Gasteiger partial charge in [-0.15, -0.1) is 0 Å². The van der Waals surface area contributed by atoms with Gasteiger partial charge in [-0.3, -0.25) is 5.41 Å². The fraction of sp³-hybridized carbons (Fsp3) is 0.462. The topological polar surface area (TPSA) is 53.1 Å². The lowest BCUT2D eigenvalue weighted by Gasteiger charge is -2.25. The first-order valence-corrected chi connectivity index (χ1v) is 6.60. The van der Waals surface area contributed by atoms with Crippen LogP contribution in [0.4, 0.5) is 5.69 Å². The molecule has 0 heterocycles. The SMILES string of the molecule is CCC(C)CN(C)c1cccc(Br)c1C(=N)N. The van der Waals surface area contributed by atoms with Crippen molar-refractivity contribution >= 4 is 27.5 Å². The fourth-order valence-electron chi connectivity index (χ4n) is 1.79. The maximum atomic E-state index is 7.66. The average Bonchev–Trinajstić information content (AvgIpc) is 2.27. The molecule has 3 nitrogen and oxygen atoms in total. The molecule has 0 fully saturated rings. The highest BCUT2D eigenvalue weighted by Crippen LogP contribution is 2.27. The van der Waals surface area contributed by atoms with Crippen LogP contribution in [0.2, 0.25) is 0 Å².